The Labute approximate surface area is 148 Å². The number of H-pyrrole nitrogens is 1. The molecule has 0 bridgehead atoms. The Morgan fingerprint density at radius 2 is 2.04 bits per heavy atom. The minimum Gasteiger partial charge on any atom is -0.338 e. The molecule has 3 heterocycles. The Bertz CT molecular complexity index is 1060. The second kappa shape index (κ2) is 5.54. The summed E-state index contributed by atoms with van der Waals surface area (Å²) in [5.41, 5.74) is 0.995. The zero-order valence-electron chi connectivity index (χ0n) is 12.0. The van der Waals surface area contributed by atoms with Crippen molar-refractivity contribution in [1.82, 2.24) is 14.3 Å². The number of aromatic nitrogens is 2. The molecule has 0 atom stereocenters. The molecule has 3 aromatic rings. The number of rotatable bonds is 1. The van der Waals surface area contributed by atoms with E-state index in [1.807, 2.05) is 17.0 Å². The molecule has 1 amide bonds. The van der Waals surface area contributed by atoms with Crippen LogP contribution in [-0.4, -0.2) is 33.3 Å². The predicted octanol–water partition coefficient (Wildman–Crippen LogP) is 3.57. The highest BCUT2D eigenvalue weighted by molar-refractivity contribution is 9.10. The van der Waals surface area contributed by atoms with E-state index >= 15 is 0 Å². The highest BCUT2D eigenvalue weighted by Crippen LogP contribution is 2.26. The third kappa shape index (κ3) is 2.36. The Balaban J connectivity index is 2.04. The van der Waals surface area contributed by atoms with Crippen LogP contribution in [0.15, 0.2) is 27.5 Å². The molecule has 118 valence electrons. The first-order valence-corrected chi connectivity index (χ1v) is 9.24. The van der Waals surface area contributed by atoms with Gasteiger partial charge in [0.2, 0.25) is 0 Å². The highest BCUT2D eigenvalue weighted by Gasteiger charge is 2.24. The van der Waals surface area contributed by atoms with Gasteiger partial charge in [-0.05, 0) is 43.3 Å². The van der Waals surface area contributed by atoms with Gasteiger partial charge in [0.25, 0.3) is 11.5 Å². The summed E-state index contributed by atoms with van der Waals surface area (Å²) in [4.78, 5) is 30.3. The monoisotopic (exact) mass is 409 g/mol. The number of carbonyl (C=O) groups is 1. The van der Waals surface area contributed by atoms with Crippen molar-refractivity contribution >= 4 is 61.9 Å². The number of fused-ring (bicyclic) bond motifs is 3. The van der Waals surface area contributed by atoms with Gasteiger partial charge in [-0.15, -0.1) is 0 Å². The number of halogens is 1. The molecule has 1 saturated heterocycles. The van der Waals surface area contributed by atoms with Crippen LogP contribution in [-0.2, 0) is 0 Å². The molecule has 5 nitrogen and oxygen atoms in total. The van der Waals surface area contributed by atoms with Crippen molar-refractivity contribution in [1.29, 1.82) is 0 Å². The van der Waals surface area contributed by atoms with Crippen LogP contribution >= 0.6 is 39.5 Å². The zero-order valence-corrected chi connectivity index (χ0v) is 15.2. The summed E-state index contributed by atoms with van der Waals surface area (Å²) in [6.07, 6.45) is 2.05. The van der Waals surface area contributed by atoms with Gasteiger partial charge in [0.15, 0.2) is 3.95 Å². The van der Waals surface area contributed by atoms with Gasteiger partial charge in [-0.1, -0.05) is 27.3 Å². The van der Waals surface area contributed by atoms with E-state index in [1.54, 1.807) is 10.5 Å². The van der Waals surface area contributed by atoms with Crippen molar-refractivity contribution in [2.24, 2.45) is 0 Å². The molecule has 23 heavy (non-hydrogen) atoms. The molecule has 2 aromatic heterocycles. The number of hydrogen-bond acceptors (Lipinski definition) is 4. The molecule has 0 radical (unpaired) electrons. The average molecular weight is 410 g/mol. The largest absolute Gasteiger partial charge is 0.338 e. The normalized spacial score (nSPS) is 14.9. The second-order valence-corrected chi connectivity index (χ2v) is 8.06. The van der Waals surface area contributed by atoms with Gasteiger partial charge in [-0.2, -0.15) is 0 Å². The first kappa shape index (κ1) is 15.0. The molecule has 1 fully saturated rings. The summed E-state index contributed by atoms with van der Waals surface area (Å²) < 4.78 is 3.17. The predicted molar refractivity (Wildman–Crippen MR) is 97.1 cm³/mol. The number of nitrogens with zero attached hydrogens (tertiary/aromatic N) is 2. The van der Waals surface area contributed by atoms with Crippen LogP contribution in [0.1, 0.15) is 22.5 Å². The Morgan fingerprint density at radius 1 is 1.30 bits per heavy atom. The van der Waals surface area contributed by atoms with E-state index in [0.717, 1.165) is 30.4 Å². The lowest BCUT2D eigenvalue weighted by molar-refractivity contribution is 0.0799. The average Bonchev–Trinajstić information content (AvgIpc) is 3.16. The topological polar surface area (TPSA) is 57.6 Å². The Morgan fingerprint density at radius 3 is 2.78 bits per heavy atom. The zero-order chi connectivity index (χ0) is 16.1. The summed E-state index contributed by atoms with van der Waals surface area (Å²) in [5.74, 6) is -0.0480. The number of likely N-dealkylation sites (tertiary alicyclic amines) is 1. The number of aromatic amines is 1. The van der Waals surface area contributed by atoms with Crippen molar-refractivity contribution in [2.45, 2.75) is 12.8 Å². The highest BCUT2D eigenvalue weighted by atomic mass is 79.9. The lowest BCUT2D eigenvalue weighted by atomic mass is 10.2. The van der Waals surface area contributed by atoms with E-state index in [9.17, 15) is 9.59 Å². The number of nitrogens with one attached hydrogen (secondary N) is 1. The fraction of sp³-hybridized carbons (Fsp3) is 0.267. The molecule has 4 rings (SSSR count). The van der Waals surface area contributed by atoms with Crippen molar-refractivity contribution < 1.29 is 4.79 Å². The first-order chi connectivity index (χ1) is 11.1. The van der Waals surface area contributed by atoms with Gasteiger partial charge in [0, 0.05) is 17.6 Å². The fourth-order valence-electron chi connectivity index (χ4n) is 2.97. The SMILES string of the molecule is O=C(c1sc(=S)n2c1[nH]c(=O)c1cc(Br)ccc12)N1CCCC1. The first-order valence-electron chi connectivity index (χ1n) is 7.22. The van der Waals surface area contributed by atoms with Crippen LogP contribution in [0.2, 0.25) is 0 Å². The molecule has 0 saturated carbocycles. The summed E-state index contributed by atoms with van der Waals surface area (Å²) in [6, 6.07) is 5.46. The molecular weight excluding hydrogens is 398 g/mol. The van der Waals surface area contributed by atoms with E-state index in [1.165, 1.54) is 11.3 Å². The third-order valence-corrected chi connectivity index (χ3v) is 5.93. The maximum absolute atomic E-state index is 12.7. The smallest absolute Gasteiger partial charge is 0.267 e. The van der Waals surface area contributed by atoms with Gasteiger partial charge in [-0.25, -0.2) is 0 Å². The number of hydrogen-bond donors (Lipinski definition) is 1. The molecule has 0 aliphatic carbocycles. The van der Waals surface area contributed by atoms with Crippen LogP contribution in [0.3, 0.4) is 0 Å². The van der Waals surface area contributed by atoms with Gasteiger partial charge in [-0.3, -0.25) is 14.0 Å². The van der Waals surface area contributed by atoms with Crippen LogP contribution in [0.4, 0.5) is 0 Å². The van der Waals surface area contributed by atoms with E-state index in [0.29, 0.717) is 25.4 Å². The van der Waals surface area contributed by atoms with Gasteiger partial charge < -0.3 is 9.88 Å². The number of carbonyl (C=O) groups excluding carboxylic acids is 1. The van der Waals surface area contributed by atoms with E-state index < -0.39 is 0 Å². The summed E-state index contributed by atoms with van der Waals surface area (Å²) in [7, 11) is 0. The van der Waals surface area contributed by atoms with Crippen LogP contribution in [0, 0.1) is 3.95 Å². The summed E-state index contributed by atoms with van der Waals surface area (Å²) in [5, 5.41) is 0.543. The van der Waals surface area contributed by atoms with Gasteiger partial charge in [0.1, 0.15) is 10.5 Å². The van der Waals surface area contributed by atoms with Crippen molar-refractivity contribution in [2.75, 3.05) is 13.1 Å². The van der Waals surface area contributed by atoms with Crippen molar-refractivity contribution in [3.05, 3.63) is 41.9 Å². The molecule has 0 spiro atoms. The minimum absolute atomic E-state index is 0.0480. The third-order valence-electron chi connectivity index (χ3n) is 4.07. The number of amides is 1. The molecule has 1 aliphatic rings. The van der Waals surface area contributed by atoms with Gasteiger partial charge in [0.05, 0.1) is 10.9 Å². The van der Waals surface area contributed by atoms with E-state index in [-0.39, 0.29) is 11.5 Å². The van der Waals surface area contributed by atoms with Crippen molar-refractivity contribution in [3.8, 4) is 0 Å². The summed E-state index contributed by atoms with van der Waals surface area (Å²) in [6.45, 7) is 1.53. The minimum atomic E-state index is -0.218. The maximum atomic E-state index is 12.7. The molecule has 1 aromatic carbocycles. The van der Waals surface area contributed by atoms with Crippen LogP contribution in [0.5, 0.6) is 0 Å². The maximum Gasteiger partial charge on any atom is 0.267 e. The lowest BCUT2D eigenvalue weighted by Crippen LogP contribution is -2.27. The van der Waals surface area contributed by atoms with Crippen LogP contribution in [0.25, 0.3) is 16.6 Å². The fourth-order valence-corrected chi connectivity index (χ4v) is 4.69. The van der Waals surface area contributed by atoms with Gasteiger partial charge >= 0.3 is 0 Å². The van der Waals surface area contributed by atoms with Crippen LogP contribution < -0.4 is 5.56 Å². The quantitative estimate of drug-likeness (QED) is 0.624. The Hall–Kier alpha value is -1.51. The second-order valence-electron chi connectivity index (χ2n) is 5.50. The van der Waals surface area contributed by atoms with E-state index in [2.05, 4.69) is 20.9 Å². The lowest BCUT2D eigenvalue weighted by Gasteiger charge is -2.13. The molecule has 1 aliphatic heterocycles. The molecule has 0 unspecified atom stereocenters. The summed E-state index contributed by atoms with van der Waals surface area (Å²) >= 11 is 10.1. The number of benzene rings is 1. The molecule has 8 heteroatoms. The Kier molecular flexibility index (Phi) is 3.62. The molecule has 1 N–H and O–H groups in total. The van der Waals surface area contributed by atoms with Crippen molar-refractivity contribution in [3.63, 3.8) is 0 Å². The molecular formula is C15H12BrN3O2S2. The standard InChI is InChI=1S/C15H12BrN3O2S2/c16-8-3-4-10-9(7-8)13(20)17-12-11(23-15(22)19(10)12)14(21)18-5-1-2-6-18/h3-4,7H,1-2,5-6H2,(H,17,20). The van der Waals surface area contributed by atoms with E-state index in [4.69, 9.17) is 12.2 Å². The number of thiazole rings is 1.